The first-order chi connectivity index (χ1) is 16.2. The van der Waals surface area contributed by atoms with Crippen LogP contribution in [0, 0.1) is 32.2 Å². The van der Waals surface area contributed by atoms with E-state index in [1.807, 2.05) is 37.3 Å². The Morgan fingerprint density at radius 2 is 1.57 bits per heavy atom. The number of benzene rings is 2. The van der Waals surface area contributed by atoms with E-state index in [0.29, 0.717) is 17.4 Å². The topological polar surface area (TPSA) is 103 Å². The van der Waals surface area contributed by atoms with Gasteiger partial charge in [-0.15, -0.1) is 0 Å². The predicted molar refractivity (Wildman–Crippen MR) is 123 cm³/mol. The third kappa shape index (κ3) is 11.7. The molecule has 2 aromatic rings. The quantitative estimate of drug-likeness (QED) is 0.202. The molecule has 0 saturated carbocycles. The summed E-state index contributed by atoms with van der Waals surface area (Å²) >= 11 is -0.316. The summed E-state index contributed by atoms with van der Waals surface area (Å²) in [6.07, 6.45) is 1.76. The molecule has 0 spiro atoms. The Kier molecular flexibility index (Phi) is 12.7. The molecule has 0 aliphatic rings. The first kappa shape index (κ1) is 31.4. The molecule has 2 aromatic carbocycles. The minimum Gasteiger partial charge on any atom is -0.741 e. The molecule has 2 atom stereocenters. The molecule has 0 bridgehead atoms. The number of alkyl halides is 3. The van der Waals surface area contributed by atoms with Crippen LogP contribution < -0.4 is 25.9 Å². The molecular weight excluding hydrogens is 618 g/mol. The van der Waals surface area contributed by atoms with Crippen LogP contribution in [-0.4, -0.2) is 33.4 Å². The van der Waals surface area contributed by atoms with Crippen LogP contribution in [0.1, 0.15) is 32.3 Å². The second kappa shape index (κ2) is 14.2. The van der Waals surface area contributed by atoms with E-state index < -0.39 is 25.6 Å². The lowest BCUT2D eigenvalue weighted by atomic mass is 9.90. The average Bonchev–Trinajstić information content (AvgIpc) is 2.77. The van der Waals surface area contributed by atoms with Gasteiger partial charge in [0.15, 0.2) is 14.0 Å². The maximum absolute atomic E-state index is 12.4. The lowest BCUT2D eigenvalue weighted by Crippen LogP contribution is -3.59. The fraction of sp³-hybridized carbons (Fsp3) is 0.391. The van der Waals surface area contributed by atoms with E-state index in [1.165, 1.54) is 3.57 Å². The molecular formula is C23H27F3INO5S2. The zero-order valence-corrected chi connectivity index (χ0v) is 23.1. The number of halogens is 4. The summed E-state index contributed by atoms with van der Waals surface area (Å²) in [7, 11) is -9.55. The van der Waals surface area contributed by atoms with Gasteiger partial charge >= 0.3 is 26.7 Å². The molecule has 0 amide bonds. The van der Waals surface area contributed by atoms with Crippen molar-refractivity contribution in [1.29, 1.82) is 0 Å². The van der Waals surface area contributed by atoms with Crippen LogP contribution in [0.15, 0.2) is 59.5 Å². The fourth-order valence-electron chi connectivity index (χ4n) is 2.56. The summed E-state index contributed by atoms with van der Waals surface area (Å²) in [4.78, 5) is 0.314. The lowest BCUT2D eigenvalue weighted by Gasteiger charge is -2.17. The third-order valence-electron chi connectivity index (χ3n) is 4.82. The van der Waals surface area contributed by atoms with Crippen molar-refractivity contribution in [2.24, 2.45) is 11.8 Å². The Labute approximate surface area is 215 Å². The van der Waals surface area contributed by atoms with Gasteiger partial charge in [0.2, 0.25) is 13.6 Å². The van der Waals surface area contributed by atoms with Gasteiger partial charge in [-0.05, 0) is 49.4 Å². The summed E-state index contributed by atoms with van der Waals surface area (Å²) < 4.78 is 91.2. The molecule has 194 valence electrons. The third-order valence-corrected chi connectivity index (χ3v) is 8.79. The molecule has 0 radical (unpaired) electrons. The highest BCUT2D eigenvalue weighted by atomic mass is 127. The van der Waals surface area contributed by atoms with Gasteiger partial charge in [0.05, 0.1) is 4.90 Å². The van der Waals surface area contributed by atoms with E-state index >= 15 is 0 Å². The number of sulfonamides is 1. The standard InChI is InChI=1S/C22H27INO2S.CHF3O3S/c1-4-19(3)20(14-16-23-21-8-6-5-7-9-21)15-17-24-27(25,26)22-12-10-18(2)11-13-22;2-1(3,4)8(5,6)7/h5-13,19-20,24H,4,15,17H2,1-3H3;(H,5,6,7)/q+1;/p-1. The van der Waals surface area contributed by atoms with Gasteiger partial charge in [0.25, 0.3) is 0 Å². The minimum atomic E-state index is -6.09. The van der Waals surface area contributed by atoms with E-state index in [2.05, 4.69) is 40.5 Å². The molecule has 6 nitrogen and oxygen atoms in total. The van der Waals surface area contributed by atoms with Crippen molar-refractivity contribution < 1.29 is 55.8 Å². The van der Waals surface area contributed by atoms with Crippen molar-refractivity contribution in [3.8, 4) is 9.85 Å². The van der Waals surface area contributed by atoms with Crippen LogP contribution in [0.3, 0.4) is 0 Å². The first-order valence-corrected chi connectivity index (χ1v) is 15.5. The van der Waals surface area contributed by atoms with Gasteiger partial charge < -0.3 is 4.55 Å². The highest BCUT2D eigenvalue weighted by Gasteiger charge is 2.36. The van der Waals surface area contributed by atoms with Gasteiger partial charge in [-0.3, -0.25) is 0 Å². The highest BCUT2D eigenvalue weighted by Crippen LogP contribution is 2.20. The molecule has 0 aromatic heterocycles. The number of nitrogens with one attached hydrogen (secondary N) is 1. The molecule has 0 saturated heterocycles. The molecule has 0 aliphatic carbocycles. The largest absolute Gasteiger partial charge is 0.741 e. The van der Waals surface area contributed by atoms with Gasteiger partial charge in [-0.25, -0.2) is 21.6 Å². The van der Waals surface area contributed by atoms with E-state index in [-0.39, 0.29) is 27.1 Å². The van der Waals surface area contributed by atoms with E-state index in [4.69, 9.17) is 13.0 Å². The van der Waals surface area contributed by atoms with Gasteiger partial charge in [0.1, 0.15) is 0 Å². The second-order valence-corrected chi connectivity index (χ2v) is 13.0. The Balaban J connectivity index is 0.000000658. The molecule has 35 heavy (non-hydrogen) atoms. The van der Waals surface area contributed by atoms with Crippen molar-refractivity contribution in [3.63, 3.8) is 0 Å². The monoisotopic (exact) mass is 645 g/mol. The summed E-state index contributed by atoms with van der Waals surface area (Å²) in [5.41, 5.74) is -4.60. The van der Waals surface area contributed by atoms with Crippen LogP contribution >= 0.6 is 0 Å². The van der Waals surface area contributed by atoms with Crippen molar-refractivity contribution in [1.82, 2.24) is 4.72 Å². The Morgan fingerprint density at radius 3 is 2.06 bits per heavy atom. The Bertz CT molecular complexity index is 1190. The van der Waals surface area contributed by atoms with Crippen LogP contribution in [-0.2, 0) is 20.1 Å². The molecule has 12 heteroatoms. The number of aryl methyl sites for hydroxylation is 1. The maximum atomic E-state index is 12.4. The Hall–Kier alpha value is -1.66. The number of hydrogen-bond donors (Lipinski definition) is 1. The van der Waals surface area contributed by atoms with Crippen LogP contribution in [0.5, 0.6) is 0 Å². The van der Waals surface area contributed by atoms with Gasteiger partial charge in [0, 0.05) is 12.5 Å². The minimum absolute atomic E-state index is 0.208. The van der Waals surface area contributed by atoms with E-state index in [1.54, 1.807) is 12.1 Å². The van der Waals surface area contributed by atoms with Crippen molar-refractivity contribution in [2.75, 3.05) is 6.54 Å². The zero-order valence-electron chi connectivity index (χ0n) is 19.3. The lowest BCUT2D eigenvalue weighted by molar-refractivity contribution is -0.535. The normalized spacial score (nSPS) is 13.6. The summed E-state index contributed by atoms with van der Waals surface area (Å²) in [5, 5.41) is 0. The van der Waals surface area contributed by atoms with Gasteiger partial charge in [-0.1, -0.05) is 56.2 Å². The summed E-state index contributed by atoms with van der Waals surface area (Å²) in [6.45, 7) is 6.69. The maximum Gasteiger partial charge on any atom is 0.485 e. The van der Waals surface area contributed by atoms with Crippen molar-refractivity contribution >= 4 is 20.1 Å². The number of hydrogen-bond acceptors (Lipinski definition) is 5. The van der Waals surface area contributed by atoms with E-state index in [9.17, 15) is 21.6 Å². The molecule has 1 N–H and O–H groups in total. The van der Waals surface area contributed by atoms with Crippen molar-refractivity contribution in [2.45, 2.75) is 44.0 Å². The zero-order chi connectivity index (χ0) is 26.7. The van der Waals surface area contributed by atoms with Crippen LogP contribution in [0.4, 0.5) is 13.2 Å². The van der Waals surface area contributed by atoms with Crippen molar-refractivity contribution in [3.05, 3.63) is 63.7 Å². The first-order valence-electron chi connectivity index (χ1n) is 10.4. The molecule has 0 fully saturated rings. The van der Waals surface area contributed by atoms with E-state index in [0.717, 1.165) is 18.4 Å². The molecule has 0 aliphatic heterocycles. The second-order valence-electron chi connectivity index (χ2n) is 7.52. The predicted octanol–water partition coefficient (Wildman–Crippen LogP) is 1.30. The summed E-state index contributed by atoms with van der Waals surface area (Å²) in [6, 6.07) is 17.3. The molecule has 2 rings (SSSR count). The number of rotatable bonds is 8. The SMILES string of the molecule is CCC(C)C(C#C[I+]c1ccccc1)CCNS(=O)(=O)c1ccc(C)cc1.O=S(=O)([O-])C(F)(F)F. The Morgan fingerprint density at radius 1 is 1.03 bits per heavy atom. The van der Waals surface area contributed by atoms with Crippen LogP contribution in [0.25, 0.3) is 0 Å². The van der Waals surface area contributed by atoms with Gasteiger partial charge in [-0.2, -0.15) is 13.2 Å². The molecule has 0 heterocycles. The highest BCUT2D eigenvalue weighted by molar-refractivity contribution is 7.89. The smallest absolute Gasteiger partial charge is 0.485 e. The summed E-state index contributed by atoms with van der Waals surface area (Å²) in [5.74, 6) is 4.07. The fourth-order valence-corrected chi connectivity index (χ4v) is 5.25. The average molecular weight is 646 g/mol. The molecule has 2 unspecified atom stereocenters. The van der Waals surface area contributed by atoms with Crippen LogP contribution in [0.2, 0.25) is 0 Å².